The average Bonchev–Trinajstić information content (AvgIpc) is 2.80. The van der Waals surface area contributed by atoms with Gasteiger partial charge in [0.15, 0.2) is 0 Å². The van der Waals surface area contributed by atoms with Crippen molar-refractivity contribution in [2.45, 2.75) is 18.0 Å². The molecule has 0 saturated heterocycles. The molecule has 1 aliphatic rings. The summed E-state index contributed by atoms with van der Waals surface area (Å²) < 4.78 is 41.1. The second-order valence-electron chi connectivity index (χ2n) is 6.83. The smallest absolute Gasteiger partial charge is 0.245 e. The SMILES string of the molecule is O=C1CN(Cc2ccccc2)S(=O)(=O)c2ccccc2N1Cc1ccc(F)cc1. The maximum atomic E-state index is 13.3. The highest BCUT2D eigenvalue weighted by Gasteiger charge is 2.36. The number of fused-ring (bicyclic) bond motifs is 1. The molecule has 148 valence electrons. The molecule has 5 nitrogen and oxygen atoms in total. The first-order chi connectivity index (χ1) is 13.9. The van der Waals surface area contributed by atoms with E-state index in [4.69, 9.17) is 0 Å². The molecular formula is C22H19FN2O3S. The van der Waals surface area contributed by atoms with Crippen molar-refractivity contribution in [3.05, 3.63) is 95.8 Å². The lowest BCUT2D eigenvalue weighted by Gasteiger charge is -2.22. The van der Waals surface area contributed by atoms with Crippen LogP contribution < -0.4 is 4.90 Å². The van der Waals surface area contributed by atoms with E-state index in [9.17, 15) is 17.6 Å². The molecule has 7 heteroatoms. The third-order valence-electron chi connectivity index (χ3n) is 4.84. The van der Waals surface area contributed by atoms with E-state index in [2.05, 4.69) is 0 Å². The first-order valence-corrected chi connectivity index (χ1v) is 10.6. The highest BCUT2D eigenvalue weighted by molar-refractivity contribution is 7.89. The Bertz CT molecular complexity index is 1130. The van der Waals surface area contributed by atoms with E-state index in [-0.39, 0.29) is 36.3 Å². The van der Waals surface area contributed by atoms with Gasteiger partial charge in [-0.1, -0.05) is 54.6 Å². The summed E-state index contributed by atoms with van der Waals surface area (Å²) in [5, 5.41) is 0. The molecule has 0 unspecified atom stereocenters. The number of para-hydroxylation sites is 1. The maximum absolute atomic E-state index is 13.3. The van der Waals surface area contributed by atoms with Crippen LogP contribution in [0.4, 0.5) is 10.1 Å². The molecule has 0 aliphatic carbocycles. The standard InChI is InChI=1S/C22H19FN2O3S/c23-19-12-10-18(11-13-19)15-25-20-8-4-5-9-21(20)29(27,28)24(16-22(25)26)14-17-6-2-1-3-7-17/h1-13H,14-16H2. The lowest BCUT2D eigenvalue weighted by atomic mass is 10.2. The molecule has 29 heavy (non-hydrogen) atoms. The molecule has 1 amide bonds. The van der Waals surface area contributed by atoms with Crippen LogP contribution in [0.2, 0.25) is 0 Å². The number of sulfonamides is 1. The minimum Gasteiger partial charge on any atom is -0.305 e. The fourth-order valence-corrected chi connectivity index (χ4v) is 4.94. The number of benzene rings is 3. The Labute approximate surface area is 169 Å². The molecule has 1 aliphatic heterocycles. The molecule has 0 saturated carbocycles. The van der Waals surface area contributed by atoms with Gasteiger partial charge in [-0.3, -0.25) is 4.79 Å². The van der Waals surface area contributed by atoms with Gasteiger partial charge in [0.05, 0.1) is 18.8 Å². The molecule has 0 spiro atoms. The lowest BCUT2D eigenvalue weighted by Crippen LogP contribution is -2.38. The normalized spacial score (nSPS) is 16.3. The number of rotatable bonds is 4. The van der Waals surface area contributed by atoms with E-state index in [1.54, 1.807) is 30.3 Å². The monoisotopic (exact) mass is 410 g/mol. The summed E-state index contributed by atoms with van der Waals surface area (Å²) in [4.78, 5) is 14.6. The summed E-state index contributed by atoms with van der Waals surface area (Å²) in [7, 11) is -3.87. The molecule has 3 aromatic carbocycles. The quantitative estimate of drug-likeness (QED) is 0.661. The fourth-order valence-electron chi connectivity index (χ4n) is 3.37. The zero-order valence-electron chi connectivity index (χ0n) is 15.5. The van der Waals surface area contributed by atoms with Gasteiger partial charge in [-0.2, -0.15) is 4.31 Å². The van der Waals surface area contributed by atoms with Crippen molar-refractivity contribution in [1.29, 1.82) is 0 Å². The van der Waals surface area contributed by atoms with Gasteiger partial charge < -0.3 is 4.90 Å². The zero-order chi connectivity index (χ0) is 20.4. The largest absolute Gasteiger partial charge is 0.305 e. The second kappa shape index (κ2) is 7.77. The van der Waals surface area contributed by atoms with Gasteiger partial charge in [-0.05, 0) is 35.4 Å². The number of halogens is 1. The number of hydrogen-bond donors (Lipinski definition) is 0. The van der Waals surface area contributed by atoms with Gasteiger partial charge in [0.1, 0.15) is 10.7 Å². The van der Waals surface area contributed by atoms with Crippen LogP contribution in [-0.2, 0) is 27.9 Å². The molecular weight excluding hydrogens is 391 g/mol. The molecule has 1 heterocycles. The van der Waals surface area contributed by atoms with Crippen molar-refractivity contribution in [3.8, 4) is 0 Å². The molecule has 0 bridgehead atoms. The topological polar surface area (TPSA) is 57.7 Å². The first kappa shape index (κ1) is 19.3. The highest BCUT2D eigenvalue weighted by atomic mass is 32.2. The van der Waals surface area contributed by atoms with Crippen LogP contribution in [0.3, 0.4) is 0 Å². The Morgan fingerprint density at radius 3 is 2.14 bits per heavy atom. The molecule has 0 atom stereocenters. The van der Waals surface area contributed by atoms with E-state index in [0.29, 0.717) is 11.3 Å². The fraction of sp³-hybridized carbons (Fsp3) is 0.136. The Hall–Kier alpha value is -3.03. The van der Waals surface area contributed by atoms with Crippen LogP contribution in [-0.4, -0.2) is 25.2 Å². The Morgan fingerprint density at radius 1 is 0.793 bits per heavy atom. The van der Waals surface area contributed by atoms with Gasteiger partial charge in [0.2, 0.25) is 15.9 Å². The van der Waals surface area contributed by atoms with Crippen LogP contribution in [0.25, 0.3) is 0 Å². The number of anilines is 1. The van der Waals surface area contributed by atoms with Gasteiger partial charge >= 0.3 is 0 Å². The van der Waals surface area contributed by atoms with Crippen LogP contribution >= 0.6 is 0 Å². The Balaban J connectivity index is 1.74. The minimum atomic E-state index is -3.87. The van der Waals surface area contributed by atoms with Gasteiger partial charge in [-0.15, -0.1) is 0 Å². The van der Waals surface area contributed by atoms with Crippen LogP contribution in [0.1, 0.15) is 11.1 Å². The Kier molecular flexibility index (Phi) is 5.17. The van der Waals surface area contributed by atoms with Crippen molar-refractivity contribution >= 4 is 21.6 Å². The zero-order valence-corrected chi connectivity index (χ0v) is 16.3. The molecule has 0 fully saturated rings. The second-order valence-corrected chi connectivity index (χ2v) is 8.74. The predicted molar refractivity (Wildman–Crippen MR) is 108 cm³/mol. The van der Waals surface area contributed by atoms with Gasteiger partial charge in [0, 0.05) is 6.54 Å². The summed E-state index contributed by atoms with van der Waals surface area (Å²) in [6.07, 6.45) is 0. The lowest BCUT2D eigenvalue weighted by molar-refractivity contribution is -0.119. The van der Waals surface area contributed by atoms with Crippen LogP contribution in [0, 0.1) is 5.82 Å². The predicted octanol–water partition coefficient (Wildman–Crippen LogP) is 3.56. The van der Waals surface area contributed by atoms with Crippen molar-refractivity contribution < 1.29 is 17.6 Å². The maximum Gasteiger partial charge on any atom is 0.245 e. The summed E-state index contributed by atoms with van der Waals surface area (Å²) in [6.45, 7) is -0.00837. The van der Waals surface area contributed by atoms with Crippen LogP contribution in [0.15, 0.2) is 83.8 Å². The van der Waals surface area contributed by atoms with Crippen molar-refractivity contribution in [1.82, 2.24) is 4.31 Å². The van der Waals surface area contributed by atoms with Gasteiger partial charge in [-0.25, -0.2) is 12.8 Å². The van der Waals surface area contributed by atoms with Crippen molar-refractivity contribution in [2.75, 3.05) is 11.4 Å². The van der Waals surface area contributed by atoms with E-state index >= 15 is 0 Å². The third kappa shape index (κ3) is 3.92. The molecule has 3 aromatic rings. The number of nitrogens with zero attached hydrogens (tertiary/aromatic N) is 2. The summed E-state index contributed by atoms with van der Waals surface area (Å²) in [6, 6.07) is 21.5. The summed E-state index contributed by atoms with van der Waals surface area (Å²) >= 11 is 0. The van der Waals surface area contributed by atoms with Crippen molar-refractivity contribution in [3.63, 3.8) is 0 Å². The third-order valence-corrected chi connectivity index (χ3v) is 6.68. The van der Waals surface area contributed by atoms with E-state index in [1.807, 2.05) is 30.3 Å². The van der Waals surface area contributed by atoms with Gasteiger partial charge in [0.25, 0.3) is 0 Å². The first-order valence-electron chi connectivity index (χ1n) is 9.13. The van der Waals surface area contributed by atoms with E-state index in [0.717, 1.165) is 5.56 Å². The molecule has 4 rings (SSSR count). The number of carbonyl (C=O) groups is 1. The highest BCUT2D eigenvalue weighted by Crippen LogP contribution is 2.33. The molecule has 0 aromatic heterocycles. The average molecular weight is 410 g/mol. The molecule has 0 N–H and O–H groups in total. The minimum absolute atomic E-state index is 0.0869. The Morgan fingerprint density at radius 2 is 1.41 bits per heavy atom. The summed E-state index contributed by atoms with van der Waals surface area (Å²) in [5.74, 6) is -0.702. The van der Waals surface area contributed by atoms with E-state index < -0.39 is 10.0 Å². The van der Waals surface area contributed by atoms with Crippen LogP contribution in [0.5, 0.6) is 0 Å². The number of amides is 1. The number of hydrogen-bond acceptors (Lipinski definition) is 3. The number of carbonyl (C=O) groups excluding carboxylic acids is 1. The summed E-state index contributed by atoms with van der Waals surface area (Å²) in [5.41, 5.74) is 1.84. The molecule has 0 radical (unpaired) electrons. The van der Waals surface area contributed by atoms with Crippen molar-refractivity contribution in [2.24, 2.45) is 0 Å². The van der Waals surface area contributed by atoms with E-state index in [1.165, 1.54) is 27.4 Å².